The lowest BCUT2D eigenvalue weighted by molar-refractivity contribution is -0.138. The number of carbonyl (C=O) groups is 1. The molecule has 2 rings (SSSR count). The van der Waals surface area contributed by atoms with Crippen LogP contribution in [0, 0.1) is 0 Å². The molecule has 0 aromatic rings. The van der Waals surface area contributed by atoms with Crippen molar-refractivity contribution in [2.24, 2.45) is 15.7 Å². The summed E-state index contributed by atoms with van der Waals surface area (Å²) in [6.07, 6.45) is 1.11. The molecule has 19 heavy (non-hydrogen) atoms. The van der Waals surface area contributed by atoms with Gasteiger partial charge in [0.1, 0.15) is 6.04 Å². The van der Waals surface area contributed by atoms with Crippen molar-refractivity contribution in [3.63, 3.8) is 0 Å². The van der Waals surface area contributed by atoms with Crippen LogP contribution >= 0.6 is 0 Å². The summed E-state index contributed by atoms with van der Waals surface area (Å²) in [7, 11) is 0. The number of nitrogens with two attached hydrogens (primary N) is 1. The molecule has 1 atom stereocenters. The van der Waals surface area contributed by atoms with E-state index in [1.807, 2.05) is 4.90 Å². The zero-order valence-electron chi connectivity index (χ0n) is 10.8. The fraction of sp³-hybridized carbons (Fsp3) is 0.727. The van der Waals surface area contributed by atoms with E-state index in [1.54, 1.807) is 0 Å². The summed E-state index contributed by atoms with van der Waals surface area (Å²) in [5.41, 5.74) is 5.50. The second-order valence-corrected chi connectivity index (χ2v) is 4.50. The van der Waals surface area contributed by atoms with Crippen LogP contribution in [-0.2, 0) is 4.79 Å². The molecule has 8 heteroatoms. The van der Waals surface area contributed by atoms with E-state index in [2.05, 4.69) is 20.6 Å². The van der Waals surface area contributed by atoms with Crippen molar-refractivity contribution in [1.29, 1.82) is 0 Å². The summed E-state index contributed by atoms with van der Waals surface area (Å²) in [6.45, 7) is 3.82. The Labute approximate surface area is 111 Å². The Morgan fingerprint density at radius 3 is 2.32 bits per heavy atom. The highest BCUT2D eigenvalue weighted by Gasteiger charge is 2.22. The van der Waals surface area contributed by atoms with Crippen LogP contribution in [-0.4, -0.2) is 66.7 Å². The molecule has 1 unspecified atom stereocenters. The van der Waals surface area contributed by atoms with Gasteiger partial charge in [-0.2, -0.15) is 0 Å². The first-order chi connectivity index (χ1) is 9.18. The molecule has 0 saturated carbocycles. The van der Waals surface area contributed by atoms with Crippen LogP contribution in [0.2, 0.25) is 0 Å². The van der Waals surface area contributed by atoms with Gasteiger partial charge in [0.15, 0.2) is 0 Å². The van der Waals surface area contributed by atoms with Crippen molar-refractivity contribution in [2.75, 3.05) is 32.7 Å². The molecule has 2 aliphatic heterocycles. The Hall–Kier alpha value is -1.83. The molecule has 0 bridgehead atoms. The van der Waals surface area contributed by atoms with Gasteiger partial charge < -0.3 is 21.5 Å². The maximum Gasteiger partial charge on any atom is 0.320 e. The van der Waals surface area contributed by atoms with Gasteiger partial charge in [-0.15, -0.1) is 0 Å². The molecular formula is C11H20N6O2. The minimum absolute atomic E-state index is 0.437. The molecule has 0 aromatic heterocycles. The van der Waals surface area contributed by atoms with E-state index in [0.29, 0.717) is 19.4 Å². The predicted molar refractivity (Wildman–Crippen MR) is 72.2 cm³/mol. The van der Waals surface area contributed by atoms with Crippen molar-refractivity contribution in [3.8, 4) is 0 Å². The normalized spacial score (nSPS) is 19.2. The van der Waals surface area contributed by atoms with E-state index < -0.39 is 12.0 Å². The number of rotatable bonds is 5. The monoisotopic (exact) mass is 268 g/mol. The molecule has 0 radical (unpaired) electrons. The summed E-state index contributed by atoms with van der Waals surface area (Å²) in [6, 6.07) is -0.807. The highest BCUT2D eigenvalue weighted by atomic mass is 16.4. The molecule has 106 valence electrons. The third-order valence-electron chi connectivity index (χ3n) is 3.04. The van der Waals surface area contributed by atoms with Crippen LogP contribution in [0.3, 0.4) is 0 Å². The molecule has 0 aromatic carbocycles. The van der Waals surface area contributed by atoms with Crippen LogP contribution in [0.15, 0.2) is 9.98 Å². The van der Waals surface area contributed by atoms with Gasteiger partial charge in [0.05, 0.1) is 13.1 Å². The van der Waals surface area contributed by atoms with Gasteiger partial charge in [0, 0.05) is 19.6 Å². The van der Waals surface area contributed by atoms with Crippen LogP contribution in [0.1, 0.15) is 12.8 Å². The molecule has 2 aliphatic rings. The zero-order chi connectivity index (χ0) is 13.7. The number of nitrogens with zero attached hydrogens (tertiary/aromatic N) is 3. The summed E-state index contributed by atoms with van der Waals surface area (Å²) in [5, 5.41) is 15.2. The highest BCUT2D eigenvalue weighted by molar-refractivity contribution is 5.99. The van der Waals surface area contributed by atoms with E-state index in [-0.39, 0.29) is 0 Å². The van der Waals surface area contributed by atoms with Gasteiger partial charge in [0.2, 0.25) is 11.9 Å². The molecule has 2 heterocycles. The highest BCUT2D eigenvalue weighted by Crippen LogP contribution is 2.04. The van der Waals surface area contributed by atoms with Crippen LogP contribution in [0.4, 0.5) is 0 Å². The molecule has 0 fully saturated rings. The number of nitrogens with one attached hydrogen (secondary N) is 2. The number of carboxylic acids is 1. The SMILES string of the molecule is NC(CCCN(C1=NCCN1)C1=NCCN1)C(=O)O. The Balaban J connectivity index is 1.89. The van der Waals surface area contributed by atoms with Gasteiger partial charge in [-0.3, -0.25) is 19.7 Å². The second kappa shape index (κ2) is 6.37. The summed E-state index contributed by atoms with van der Waals surface area (Å²) >= 11 is 0. The van der Waals surface area contributed by atoms with Crippen LogP contribution in [0.25, 0.3) is 0 Å². The van der Waals surface area contributed by atoms with Crippen molar-refractivity contribution >= 4 is 17.9 Å². The summed E-state index contributed by atoms with van der Waals surface area (Å²) < 4.78 is 0. The Kier molecular flexibility index (Phi) is 4.56. The second-order valence-electron chi connectivity index (χ2n) is 4.50. The van der Waals surface area contributed by atoms with Crippen molar-refractivity contribution in [1.82, 2.24) is 15.5 Å². The minimum Gasteiger partial charge on any atom is -0.480 e. The molecule has 5 N–H and O–H groups in total. The van der Waals surface area contributed by atoms with E-state index in [9.17, 15) is 4.79 Å². The smallest absolute Gasteiger partial charge is 0.320 e. The molecular weight excluding hydrogens is 248 g/mol. The third kappa shape index (κ3) is 3.57. The van der Waals surface area contributed by atoms with Gasteiger partial charge in [0.25, 0.3) is 0 Å². The van der Waals surface area contributed by atoms with Crippen molar-refractivity contribution in [3.05, 3.63) is 0 Å². The Bertz CT molecular complexity index is 371. The topological polar surface area (TPSA) is 115 Å². The van der Waals surface area contributed by atoms with Gasteiger partial charge in [-0.05, 0) is 12.8 Å². The Morgan fingerprint density at radius 2 is 1.89 bits per heavy atom. The van der Waals surface area contributed by atoms with Crippen molar-refractivity contribution < 1.29 is 9.90 Å². The largest absolute Gasteiger partial charge is 0.480 e. The first-order valence-electron chi connectivity index (χ1n) is 6.51. The predicted octanol–water partition coefficient (Wildman–Crippen LogP) is -1.60. The Morgan fingerprint density at radius 1 is 1.32 bits per heavy atom. The third-order valence-corrected chi connectivity index (χ3v) is 3.04. The lowest BCUT2D eigenvalue weighted by Gasteiger charge is -2.24. The maximum absolute atomic E-state index is 10.7. The standard InChI is InChI=1S/C11H20N6O2/c12-8(9(18)19)2-1-7-17(10-13-3-4-14-10)11-15-5-6-16-11/h8H,1-7,12H2,(H,13,14)(H,15,16)(H,18,19). The minimum atomic E-state index is -0.959. The molecule has 0 amide bonds. The first kappa shape index (κ1) is 13.6. The quantitative estimate of drug-likeness (QED) is 0.477. The number of carboxylic acid groups (broad SMARTS) is 1. The fourth-order valence-electron chi connectivity index (χ4n) is 2.04. The van der Waals surface area contributed by atoms with Gasteiger partial charge in [-0.1, -0.05) is 0 Å². The maximum atomic E-state index is 10.7. The molecule has 0 spiro atoms. The van der Waals surface area contributed by atoms with E-state index in [0.717, 1.165) is 38.1 Å². The number of aliphatic imine (C=N–C) groups is 2. The van der Waals surface area contributed by atoms with E-state index >= 15 is 0 Å². The lowest BCUT2D eigenvalue weighted by Crippen LogP contribution is -2.48. The molecule has 8 nitrogen and oxygen atoms in total. The molecule has 0 saturated heterocycles. The summed E-state index contributed by atoms with van der Waals surface area (Å²) in [4.78, 5) is 21.4. The van der Waals surface area contributed by atoms with Crippen LogP contribution in [0.5, 0.6) is 0 Å². The molecule has 0 aliphatic carbocycles. The first-order valence-corrected chi connectivity index (χ1v) is 6.51. The number of hydrogen-bond donors (Lipinski definition) is 4. The van der Waals surface area contributed by atoms with E-state index in [1.165, 1.54) is 0 Å². The van der Waals surface area contributed by atoms with Crippen LogP contribution < -0.4 is 16.4 Å². The number of aliphatic carboxylic acids is 1. The van der Waals surface area contributed by atoms with Gasteiger partial charge in [-0.25, -0.2) is 0 Å². The zero-order valence-corrected chi connectivity index (χ0v) is 10.8. The van der Waals surface area contributed by atoms with Gasteiger partial charge >= 0.3 is 5.97 Å². The number of guanidine groups is 2. The summed E-state index contributed by atoms with van der Waals surface area (Å²) in [5.74, 6) is 0.647. The average Bonchev–Trinajstić information content (AvgIpc) is 3.07. The van der Waals surface area contributed by atoms with E-state index in [4.69, 9.17) is 10.8 Å². The average molecular weight is 268 g/mol. The fourth-order valence-corrected chi connectivity index (χ4v) is 2.04. The van der Waals surface area contributed by atoms with Crippen molar-refractivity contribution in [2.45, 2.75) is 18.9 Å². The number of hydrogen-bond acceptors (Lipinski definition) is 7. The lowest BCUT2D eigenvalue weighted by atomic mass is 10.1.